The first kappa shape index (κ1) is 22.4. The number of rotatable bonds is 5. The van der Waals surface area contributed by atoms with Gasteiger partial charge >= 0.3 is 5.97 Å². The number of nitrogens with zero attached hydrogens (tertiary/aromatic N) is 4. The maximum atomic E-state index is 15.9. The summed E-state index contributed by atoms with van der Waals surface area (Å²) in [4.78, 5) is 34.6. The van der Waals surface area contributed by atoms with Crippen molar-refractivity contribution >= 4 is 45.9 Å². The number of aromatic amines is 1. The Kier molecular flexibility index (Phi) is 5.45. The molecule has 0 unspecified atom stereocenters. The number of aromatic nitrogens is 5. The molecule has 3 N–H and O–H groups in total. The SMILES string of the molecule is Cc1ccc(-c2nc(-c3c[nH]c4nc(Cl)cnc34)nc(N[C@@H]3C4CCC(CC4)[C@H]3C(=O)O)c2F)s1. The van der Waals surface area contributed by atoms with E-state index in [2.05, 4.69) is 30.2 Å². The van der Waals surface area contributed by atoms with Crippen molar-refractivity contribution in [2.45, 2.75) is 38.6 Å². The molecule has 0 amide bonds. The first-order valence-corrected chi connectivity index (χ1v) is 12.7. The van der Waals surface area contributed by atoms with Crippen molar-refractivity contribution in [1.82, 2.24) is 24.9 Å². The van der Waals surface area contributed by atoms with Crippen molar-refractivity contribution in [2.75, 3.05) is 5.32 Å². The van der Waals surface area contributed by atoms with Gasteiger partial charge in [0.15, 0.2) is 23.1 Å². The number of aliphatic carboxylic acids is 1. The van der Waals surface area contributed by atoms with Gasteiger partial charge in [-0.1, -0.05) is 11.6 Å². The Morgan fingerprint density at radius 1 is 1.20 bits per heavy atom. The van der Waals surface area contributed by atoms with Crippen LogP contribution in [0, 0.1) is 30.5 Å². The molecule has 11 heteroatoms. The molecule has 4 aromatic heterocycles. The van der Waals surface area contributed by atoms with Gasteiger partial charge in [-0.3, -0.25) is 4.79 Å². The summed E-state index contributed by atoms with van der Waals surface area (Å²) in [6.45, 7) is 1.95. The van der Waals surface area contributed by atoms with Crippen LogP contribution >= 0.6 is 22.9 Å². The summed E-state index contributed by atoms with van der Waals surface area (Å²) in [5.41, 5.74) is 1.71. The molecule has 3 aliphatic rings. The summed E-state index contributed by atoms with van der Waals surface area (Å²) in [7, 11) is 0. The summed E-state index contributed by atoms with van der Waals surface area (Å²) in [5, 5.41) is 13.4. The van der Waals surface area contributed by atoms with E-state index in [1.165, 1.54) is 17.5 Å². The van der Waals surface area contributed by atoms with Gasteiger partial charge in [-0.05, 0) is 56.6 Å². The second-order valence-electron chi connectivity index (χ2n) is 9.27. The topological polar surface area (TPSA) is 117 Å². The van der Waals surface area contributed by atoms with Crippen LogP contribution in [-0.4, -0.2) is 42.0 Å². The highest BCUT2D eigenvalue weighted by atomic mass is 35.5. The number of hydrogen-bond acceptors (Lipinski definition) is 7. The van der Waals surface area contributed by atoms with Crippen LogP contribution in [0.4, 0.5) is 10.2 Å². The van der Waals surface area contributed by atoms with Crippen LogP contribution in [-0.2, 0) is 4.79 Å². The zero-order valence-corrected chi connectivity index (χ0v) is 20.3. The average Bonchev–Trinajstić information content (AvgIpc) is 3.46. The Labute approximate surface area is 209 Å². The fourth-order valence-corrected chi connectivity index (χ4v) is 6.59. The molecule has 0 aromatic carbocycles. The lowest BCUT2D eigenvalue weighted by Gasteiger charge is -2.47. The molecule has 180 valence electrons. The average molecular weight is 513 g/mol. The van der Waals surface area contributed by atoms with Crippen LogP contribution in [0.15, 0.2) is 24.5 Å². The minimum atomic E-state index is -0.843. The third-order valence-corrected chi connectivity index (χ3v) is 8.41. The molecule has 8 nitrogen and oxygen atoms in total. The Bertz CT molecular complexity index is 1450. The van der Waals surface area contributed by atoms with E-state index in [0.29, 0.717) is 21.6 Å². The highest BCUT2D eigenvalue weighted by Crippen LogP contribution is 2.47. The number of fused-ring (bicyclic) bond motifs is 4. The molecule has 0 saturated heterocycles. The van der Waals surface area contributed by atoms with E-state index in [1.807, 2.05) is 19.1 Å². The highest BCUT2D eigenvalue weighted by Gasteiger charge is 2.47. The second kappa shape index (κ2) is 8.53. The van der Waals surface area contributed by atoms with E-state index < -0.39 is 23.7 Å². The maximum Gasteiger partial charge on any atom is 0.308 e. The molecular weight excluding hydrogens is 491 g/mol. The van der Waals surface area contributed by atoms with E-state index in [4.69, 9.17) is 11.6 Å². The van der Waals surface area contributed by atoms with Crippen LogP contribution in [0.25, 0.3) is 33.1 Å². The lowest BCUT2D eigenvalue weighted by Crippen LogP contribution is -2.51. The number of thiophene rings is 1. The van der Waals surface area contributed by atoms with Crippen molar-refractivity contribution in [3.63, 3.8) is 0 Å². The van der Waals surface area contributed by atoms with Gasteiger partial charge in [0.1, 0.15) is 16.4 Å². The second-order valence-corrected chi connectivity index (χ2v) is 10.9. The minimum Gasteiger partial charge on any atom is -0.481 e. The normalized spacial score (nSPS) is 23.6. The van der Waals surface area contributed by atoms with E-state index in [9.17, 15) is 9.90 Å². The van der Waals surface area contributed by atoms with Gasteiger partial charge in [0.2, 0.25) is 0 Å². The Balaban J connectivity index is 1.49. The maximum absolute atomic E-state index is 15.9. The first-order chi connectivity index (χ1) is 16.9. The predicted octanol–water partition coefficient (Wildman–Crippen LogP) is 5.55. The van der Waals surface area contributed by atoms with Crippen molar-refractivity contribution in [3.8, 4) is 22.0 Å². The van der Waals surface area contributed by atoms with Gasteiger partial charge in [0.05, 0.1) is 22.6 Å². The summed E-state index contributed by atoms with van der Waals surface area (Å²) < 4.78 is 15.9. The molecule has 3 fully saturated rings. The van der Waals surface area contributed by atoms with Crippen molar-refractivity contribution in [3.05, 3.63) is 40.4 Å². The van der Waals surface area contributed by atoms with Gasteiger partial charge in [0, 0.05) is 17.1 Å². The van der Waals surface area contributed by atoms with Gasteiger partial charge < -0.3 is 15.4 Å². The fraction of sp³-hybridized carbons (Fsp3) is 0.375. The molecule has 3 aliphatic carbocycles. The third-order valence-electron chi connectivity index (χ3n) is 7.22. The molecule has 2 bridgehead atoms. The number of carboxylic acid groups (broad SMARTS) is 1. The molecule has 0 spiro atoms. The number of H-pyrrole nitrogens is 1. The molecular formula is C24H22ClFN6O2S. The van der Waals surface area contributed by atoms with Crippen molar-refractivity contribution in [2.24, 2.45) is 17.8 Å². The number of aryl methyl sites for hydroxylation is 1. The zero-order valence-electron chi connectivity index (χ0n) is 18.8. The Morgan fingerprint density at radius 2 is 1.97 bits per heavy atom. The Hall–Kier alpha value is -3.11. The van der Waals surface area contributed by atoms with Gasteiger partial charge in [0.25, 0.3) is 0 Å². The summed E-state index contributed by atoms with van der Waals surface area (Å²) >= 11 is 7.41. The summed E-state index contributed by atoms with van der Waals surface area (Å²) in [5.74, 6) is -1.48. The van der Waals surface area contributed by atoms with Crippen LogP contribution in [0.3, 0.4) is 0 Å². The standard InChI is InChI=1S/C24H22ClFN6O2S/c1-10-2-7-14(35-10)20-17(26)22(30-18-12-5-3-11(4-6-12)16(18)24(33)34)32-21(31-20)13-8-28-23-19(13)27-9-15(25)29-23/h2,7-9,11-12,16,18H,3-6H2,1H3,(H,28,29)(H,33,34)(H,30,31,32)/t11?,12?,16-,18-/m1/s1. The number of halogens is 2. The van der Waals surface area contributed by atoms with Crippen LogP contribution in [0.1, 0.15) is 30.6 Å². The number of nitrogens with one attached hydrogen (secondary N) is 2. The number of anilines is 1. The van der Waals surface area contributed by atoms with Crippen molar-refractivity contribution < 1.29 is 14.3 Å². The molecule has 2 atom stereocenters. The largest absolute Gasteiger partial charge is 0.481 e. The Morgan fingerprint density at radius 3 is 2.69 bits per heavy atom. The quantitative estimate of drug-likeness (QED) is 0.321. The number of carboxylic acids is 1. The van der Waals surface area contributed by atoms with E-state index in [1.54, 1.807) is 6.20 Å². The zero-order chi connectivity index (χ0) is 24.3. The van der Waals surface area contributed by atoms with Gasteiger partial charge in [-0.15, -0.1) is 11.3 Å². The molecule has 4 heterocycles. The first-order valence-electron chi connectivity index (χ1n) is 11.5. The van der Waals surface area contributed by atoms with Crippen LogP contribution in [0.5, 0.6) is 0 Å². The molecule has 0 aliphatic heterocycles. The minimum absolute atomic E-state index is 0.0103. The third kappa shape index (κ3) is 3.84. The van der Waals surface area contributed by atoms with Crippen LogP contribution < -0.4 is 5.32 Å². The lowest BCUT2D eigenvalue weighted by atomic mass is 9.61. The van der Waals surface area contributed by atoms with Crippen molar-refractivity contribution in [1.29, 1.82) is 0 Å². The monoisotopic (exact) mass is 512 g/mol. The number of carbonyl (C=O) groups is 1. The van der Waals surface area contributed by atoms with E-state index in [-0.39, 0.29) is 34.3 Å². The molecule has 35 heavy (non-hydrogen) atoms. The number of hydrogen-bond donors (Lipinski definition) is 3. The molecule has 3 saturated carbocycles. The van der Waals surface area contributed by atoms with E-state index >= 15 is 4.39 Å². The lowest BCUT2D eigenvalue weighted by molar-refractivity contribution is -0.148. The van der Waals surface area contributed by atoms with Gasteiger partial charge in [-0.25, -0.2) is 24.3 Å². The summed E-state index contributed by atoms with van der Waals surface area (Å²) in [6, 6.07) is 3.35. The van der Waals surface area contributed by atoms with E-state index in [0.717, 1.165) is 30.6 Å². The molecule has 7 rings (SSSR count). The molecule has 0 radical (unpaired) electrons. The smallest absolute Gasteiger partial charge is 0.308 e. The van der Waals surface area contributed by atoms with Crippen LogP contribution in [0.2, 0.25) is 5.15 Å². The van der Waals surface area contributed by atoms with Gasteiger partial charge in [-0.2, -0.15) is 0 Å². The highest BCUT2D eigenvalue weighted by molar-refractivity contribution is 7.15. The predicted molar refractivity (Wildman–Crippen MR) is 132 cm³/mol. The summed E-state index contributed by atoms with van der Waals surface area (Å²) in [6.07, 6.45) is 6.76. The molecule has 4 aromatic rings. The fourth-order valence-electron chi connectivity index (χ4n) is 5.60.